The number of aromatic nitrogens is 18. The van der Waals surface area contributed by atoms with Crippen molar-refractivity contribution in [1.29, 1.82) is 0 Å². The van der Waals surface area contributed by atoms with Gasteiger partial charge >= 0.3 is 48.4 Å². The third-order valence-electron chi connectivity index (χ3n) is 23.0. The lowest BCUT2D eigenvalue weighted by atomic mass is 10.0. The van der Waals surface area contributed by atoms with Crippen molar-refractivity contribution in [2.45, 2.75) is 75.1 Å². The maximum absolute atomic E-state index is 14.4. The molecule has 1 fully saturated rings. The SMILES string of the molecule is COC(=O)C(Br)c1ccc(C(F)(F)F)cc1.COC(=O)C(c1ccc(C)cc1)n1ncc2c1nc(N)n1nc(-c3ccco3)nc21.COC(=O)Cc1ccc(C(F)(F)F)cc1.COCCOc1ccc(N2CCN(C(=O)C(c3ccc(C)cc3)n3ncc4c3nc(N)n3nc(-c5ccco5)nc43)CC2)cc1.Cc1ccc(C(C(=O)O)n2ncc3c2nc(N)n2nc(-c4ccco4)nc32)cc1.O=C(O)Cc1ccc(C(F)(F)F)cc1. The van der Waals surface area contributed by atoms with Crippen molar-refractivity contribution in [3.63, 3.8) is 0 Å². The molecule has 1 saturated heterocycles. The molecular weight excluding hydrogens is 2030 g/mol. The summed E-state index contributed by atoms with van der Waals surface area (Å²) in [6.45, 7) is 9.46. The first-order valence-electron chi connectivity index (χ1n) is 44.8. The number of carbonyl (C=O) groups excluding carboxylic acids is 4. The van der Waals surface area contributed by atoms with Gasteiger partial charge in [0.1, 0.15) is 17.2 Å². The first-order valence-corrected chi connectivity index (χ1v) is 45.8. The molecule has 12 aromatic heterocycles. The summed E-state index contributed by atoms with van der Waals surface area (Å²) in [6.07, 6.45) is -3.99. The van der Waals surface area contributed by atoms with Crippen molar-refractivity contribution in [3.8, 4) is 40.5 Å². The second-order valence-electron chi connectivity index (χ2n) is 33.0. The number of alkyl halides is 10. The van der Waals surface area contributed by atoms with Gasteiger partial charge in [0.15, 0.2) is 69.3 Å². The fourth-order valence-corrected chi connectivity index (χ4v) is 15.9. The number of ether oxygens (including phenoxy) is 5. The third-order valence-corrected chi connectivity index (χ3v) is 23.9. The molecule has 0 spiro atoms. The van der Waals surface area contributed by atoms with E-state index in [9.17, 15) is 73.4 Å². The maximum Gasteiger partial charge on any atom is 0.416 e. The van der Waals surface area contributed by atoms with Gasteiger partial charge in [-0.25, -0.2) is 38.6 Å². The van der Waals surface area contributed by atoms with Gasteiger partial charge < -0.3 is 74.1 Å². The fourth-order valence-electron chi connectivity index (χ4n) is 15.4. The molecule has 1 amide bonds. The number of hydrogen-bond acceptors (Lipinski definition) is 30. The number of nitrogen functional groups attached to an aromatic ring is 3. The van der Waals surface area contributed by atoms with Crippen molar-refractivity contribution >= 4 is 125 Å². The van der Waals surface area contributed by atoms with Gasteiger partial charge in [-0.15, -0.1) is 15.3 Å². The summed E-state index contributed by atoms with van der Waals surface area (Å²) in [6, 6.07) is 51.4. The zero-order chi connectivity index (χ0) is 106. The smallest absolute Gasteiger partial charge is 0.416 e. The van der Waals surface area contributed by atoms with Crippen molar-refractivity contribution in [1.82, 2.24) is 93.0 Å². The molecule has 149 heavy (non-hydrogen) atoms. The van der Waals surface area contributed by atoms with Gasteiger partial charge in [-0.3, -0.25) is 19.2 Å². The number of fused-ring (bicyclic) bond motifs is 9. The predicted molar refractivity (Wildman–Crippen MR) is 524 cm³/mol. The Kier molecular flexibility index (Phi) is 32.2. The zero-order valence-electron chi connectivity index (χ0n) is 79.6. The summed E-state index contributed by atoms with van der Waals surface area (Å²) < 4.78 is 159. The highest BCUT2D eigenvalue weighted by Gasteiger charge is 2.38. The molecule has 4 atom stereocenters. The van der Waals surface area contributed by atoms with E-state index in [4.69, 9.17) is 49.8 Å². The summed E-state index contributed by atoms with van der Waals surface area (Å²) in [7, 11) is 5.43. The minimum Gasteiger partial charge on any atom is -0.491 e. The first kappa shape index (κ1) is 105. The minimum atomic E-state index is -4.37. The molecule has 13 heterocycles. The quantitative estimate of drug-likeness (QED) is 0.0130. The number of carboxylic acid groups (broad SMARTS) is 2. The Morgan fingerprint density at radius 1 is 0.409 bits per heavy atom. The van der Waals surface area contributed by atoms with E-state index in [-0.39, 0.29) is 36.6 Å². The second-order valence-corrected chi connectivity index (χ2v) is 33.9. The van der Waals surface area contributed by atoms with Gasteiger partial charge in [0.05, 0.1) is 111 Å². The molecule has 19 aromatic rings. The number of hydrogen-bond donors (Lipinski definition) is 5. The molecule has 770 valence electrons. The highest BCUT2D eigenvalue weighted by atomic mass is 79.9. The van der Waals surface area contributed by atoms with Crippen LogP contribution in [0.3, 0.4) is 0 Å². The number of rotatable bonds is 23. The number of anilines is 4. The van der Waals surface area contributed by atoms with E-state index in [1.54, 1.807) is 85.2 Å². The average Bonchev–Trinajstić information content (AvgIpc) is 1.60. The lowest BCUT2D eigenvalue weighted by Gasteiger charge is -2.37. The summed E-state index contributed by atoms with van der Waals surface area (Å²) >= 11 is 3.03. The first-order chi connectivity index (χ1) is 71.3. The van der Waals surface area contributed by atoms with Crippen LogP contribution in [0.4, 0.5) is 63.0 Å². The van der Waals surface area contributed by atoms with Crippen molar-refractivity contribution < 1.29 is 115 Å². The van der Waals surface area contributed by atoms with E-state index in [2.05, 4.69) is 90.8 Å². The largest absolute Gasteiger partial charge is 0.491 e. The van der Waals surface area contributed by atoms with Crippen LogP contribution in [0.1, 0.15) is 89.7 Å². The van der Waals surface area contributed by atoms with Gasteiger partial charge in [0.2, 0.25) is 35.3 Å². The highest BCUT2D eigenvalue weighted by molar-refractivity contribution is 9.09. The number of esters is 3. The number of aryl methyl sites for hydroxylation is 3. The second kappa shape index (κ2) is 45.6. The molecule has 0 aliphatic carbocycles. The van der Waals surface area contributed by atoms with Crippen LogP contribution in [0, 0.1) is 20.8 Å². The van der Waals surface area contributed by atoms with Crippen molar-refractivity contribution in [2.75, 3.05) is 89.9 Å². The van der Waals surface area contributed by atoms with Crippen LogP contribution < -0.4 is 26.8 Å². The van der Waals surface area contributed by atoms with Gasteiger partial charge in [0.25, 0.3) is 5.91 Å². The molecule has 1 aliphatic rings. The van der Waals surface area contributed by atoms with Gasteiger partial charge in [-0.2, -0.15) is 83.3 Å². The normalized spacial score (nSPS) is 12.9. The van der Waals surface area contributed by atoms with E-state index >= 15 is 0 Å². The Morgan fingerprint density at radius 3 is 1.11 bits per heavy atom. The molecule has 20 rings (SSSR count). The Hall–Kier alpha value is -17.9. The molecule has 39 nitrogen and oxygen atoms in total. The third kappa shape index (κ3) is 24.5. The van der Waals surface area contributed by atoms with Gasteiger partial charge in [0, 0.05) is 39.0 Å². The minimum absolute atomic E-state index is 0.0192. The van der Waals surface area contributed by atoms with Crippen LogP contribution in [0.5, 0.6) is 5.75 Å². The molecule has 0 radical (unpaired) electrons. The number of carboxylic acids is 2. The van der Waals surface area contributed by atoms with Crippen LogP contribution in [0.2, 0.25) is 0 Å². The highest BCUT2D eigenvalue weighted by Crippen LogP contribution is 2.38. The number of amides is 1. The fraction of sp³-hybridized carbons (Fsp3) is 0.220. The van der Waals surface area contributed by atoms with E-state index in [0.29, 0.717) is 146 Å². The lowest BCUT2D eigenvalue weighted by Crippen LogP contribution is -2.51. The number of methoxy groups -OCH3 is 4. The standard InChI is InChI=1S/C32H33N9O4.C20H17N7O3.C19H15N7O3.C10H8BrF3O2.C10H9F3O2.C9H7F3O2/c1-21-5-7-22(8-6-21)27(31(42)39-15-13-38(14-16-39)23-9-11-24(12-10-23)44-19-18-43-2)40-30-25(20-34-40)29-35-28(26-4-3-17-45-26)37-41(29)32(33)36-30;1-11-5-7-12(8-6-11)15(19(28)29-2)26-18-13(10-22-26)17-23-16(14-4-3-9-30-14)25-27(17)20(21)24-18;1-10-4-6-11(7-5-10)14(18(27)28)25-17-12(9-21-25)16-22-15(13-3-2-8-29-13)24-26(16)19(20)23-17;1-16-9(15)8(11)6-2-4-7(5-3-6)10(12,13)14;1-15-9(14)6-7-2-4-8(5-3-7)10(11,12)13;10-9(11,12)7-3-1-6(2-4-7)5-8(13)14/h3-12,17,20,27H,13-16,18-19H2,1-2H3,(H2,33,36);3-10,15H,1-2H3,(H2,21,24);2-9,14H,1H3,(H2,20,23)(H,27,28);2-5,8H,1H3;2-5H,6H2,1H3;1-4H,5H2,(H,13,14). The summed E-state index contributed by atoms with van der Waals surface area (Å²) in [5, 5.41) is 46.6. The summed E-state index contributed by atoms with van der Waals surface area (Å²) in [4.78, 5) is 102. The lowest BCUT2D eigenvalue weighted by molar-refractivity contribution is -0.144. The van der Waals surface area contributed by atoms with Gasteiger partial charge in [-0.1, -0.05) is 142 Å². The topological polar surface area (TPSA) is 496 Å². The van der Waals surface area contributed by atoms with E-state index in [1.807, 2.05) is 111 Å². The maximum atomic E-state index is 14.4. The molecule has 0 saturated carbocycles. The van der Waals surface area contributed by atoms with Crippen molar-refractivity contribution in [3.05, 3.63) is 310 Å². The number of nitrogens with two attached hydrogens (primary N) is 3. The zero-order valence-corrected chi connectivity index (χ0v) is 81.2. The molecule has 4 unspecified atom stereocenters. The molecule has 7 aromatic carbocycles. The number of benzene rings is 7. The number of carbonyl (C=O) groups is 6. The molecule has 1 aliphatic heterocycles. The molecule has 8 N–H and O–H groups in total. The van der Waals surface area contributed by atoms with Crippen LogP contribution in [-0.2, 0) is 79.1 Å². The average molecular weight is 2120 g/mol. The van der Waals surface area contributed by atoms with Crippen LogP contribution in [0.25, 0.3) is 84.8 Å². The molecule has 49 heteroatoms. The molecule has 0 bridgehead atoms. The van der Waals surface area contributed by atoms with Gasteiger partial charge in [-0.05, 0) is 151 Å². The van der Waals surface area contributed by atoms with E-state index in [1.165, 1.54) is 81.0 Å². The number of nitrogens with zero attached hydrogens (tertiary/aromatic N) is 20. The van der Waals surface area contributed by atoms with Crippen LogP contribution in [0.15, 0.2) is 257 Å². The number of piperazine rings is 1. The number of furan rings is 3. The van der Waals surface area contributed by atoms with E-state index in [0.717, 1.165) is 87.8 Å². The van der Waals surface area contributed by atoms with Crippen molar-refractivity contribution in [2.24, 2.45) is 0 Å². The Bertz CT molecular complexity index is 7900. The van der Waals surface area contributed by atoms with Crippen LogP contribution >= 0.6 is 15.9 Å². The molecular formula is C100H89BrF9N23O16. The van der Waals surface area contributed by atoms with E-state index < -0.39 is 88.0 Å². The Morgan fingerprint density at radius 2 is 0.765 bits per heavy atom. The summed E-state index contributed by atoms with van der Waals surface area (Å²) in [5.74, 6) is 0.000418. The number of halogens is 10. The number of aliphatic carboxylic acids is 2. The predicted octanol–water partition coefficient (Wildman–Crippen LogP) is 16.3. The van der Waals surface area contributed by atoms with Crippen LogP contribution in [-0.4, -0.2) is 207 Å². The summed E-state index contributed by atoms with van der Waals surface area (Å²) in [5.41, 5.74) is 26.5. The Labute approximate surface area is 845 Å². The Balaban J connectivity index is 0.000000141. The monoisotopic (exact) mass is 2120 g/mol.